The first kappa shape index (κ1) is 17.9. The molecule has 1 N–H and O–H groups in total. The number of rotatable bonds is 5. The molecule has 1 atom stereocenters. The normalized spacial score (nSPS) is 19.3. The maximum absolute atomic E-state index is 12.9. The van der Waals surface area contributed by atoms with Crippen LogP contribution < -0.4 is 9.46 Å². The third-order valence-electron chi connectivity index (χ3n) is 5.02. The average Bonchev–Trinajstić information content (AvgIpc) is 2.93. The highest BCUT2D eigenvalue weighted by Crippen LogP contribution is 2.43. The van der Waals surface area contributed by atoms with Gasteiger partial charge >= 0.3 is 0 Å². The zero-order valence-corrected chi connectivity index (χ0v) is 15.8. The van der Waals surface area contributed by atoms with Gasteiger partial charge in [0.05, 0.1) is 6.04 Å². The van der Waals surface area contributed by atoms with E-state index in [4.69, 9.17) is 9.26 Å². The van der Waals surface area contributed by atoms with Gasteiger partial charge in [-0.2, -0.15) is 0 Å². The van der Waals surface area contributed by atoms with E-state index in [1.54, 1.807) is 13.8 Å². The number of hydrogen-bond donors (Lipinski definition) is 1. The van der Waals surface area contributed by atoms with Gasteiger partial charge in [-0.3, -0.25) is 0 Å². The lowest BCUT2D eigenvalue weighted by Crippen LogP contribution is -2.44. The number of nitrogens with zero attached hydrogens (tertiary/aromatic N) is 1. The van der Waals surface area contributed by atoms with Crippen LogP contribution in [-0.2, 0) is 10.0 Å². The molecule has 1 aromatic heterocycles. The van der Waals surface area contributed by atoms with Gasteiger partial charge in [-0.1, -0.05) is 37.2 Å². The van der Waals surface area contributed by atoms with Gasteiger partial charge in [0, 0.05) is 12.0 Å². The van der Waals surface area contributed by atoms with Crippen LogP contribution >= 0.6 is 0 Å². The number of ether oxygens (including phenoxy) is 1. The zero-order valence-electron chi connectivity index (χ0n) is 15.0. The molecule has 2 heterocycles. The number of para-hydroxylation sites is 1. The predicted octanol–water partition coefficient (Wildman–Crippen LogP) is 3.65. The maximum Gasteiger partial charge on any atom is 0.246 e. The second-order valence-corrected chi connectivity index (χ2v) is 8.21. The topological polar surface area (TPSA) is 81.4 Å². The number of fused-ring (bicyclic) bond motifs is 1. The fourth-order valence-electron chi connectivity index (χ4n) is 3.51. The van der Waals surface area contributed by atoms with Crippen molar-refractivity contribution in [2.75, 3.05) is 0 Å². The fraction of sp³-hybridized carbons (Fsp3) is 0.500. The van der Waals surface area contributed by atoms with E-state index in [0.29, 0.717) is 17.9 Å². The van der Waals surface area contributed by atoms with Crippen molar-refractivity contribution in [2.24, 2.45) is 0 Å². The minimum atomic E-state index is -3.75. The molecule has 0 fully saturated rings. The Labute approximate surface area is 148 Å². The quantitative estimate of drug-likeness (QED) is 0.876. The van der Waals surface area contributed by atoms with E-state index in [0.717, 1.165) is 24.2 Å². The van der Waals surface area contributed by atoms with Gasteiger partial charge in [0.15, 0.2) is 5.76 Å². The van der Waals surface area contributed by atoms with Crippen molar-refractivity contribution >= 4 is 10.0 Å². The van der Waals surface area contributed by atoms with E-state index in [2.05, 4.69) is 23.7 Å². The van der Waals surface area contributed by atoms with Crippen LogP contribution in [0.3, 0.4) is 0 Å². The summed E-state index contributed by atoms with van der Waals surface area (Å²) in [5.41, 5.74) is 0.846. The molecular weight excluding hydrogens is 340 g/mol. The van der Waals surface area contributed by atoms with Crippen molar-refractivity contribution in [3.05, 3.63) is 41.3 Å². The highest BCUT2D eigenvalue weighted by Gasteiger charge is 2.40. The minimum Gasteiger partial charge on any atom is -0.487 e. The Morgan fingerprint density at radius 2 is 1.92 bits per heavy atom. The molecule has 0 saturated carbocycles. The monoisotopic (exact) mass is 364 g/mol. The molecule has 0 bridgehead atoms. The molecule has 2 aromatic rings. The Hall–Kier alpha value is -1.86. The van der Waals surface area contributed by atoms with E-state index in [1.807, 2.05) is 24.3 Å². The second kappa shape index (κ2) is 6.46. The van der Waals surface area contributed by atoms with Crippen LogP contribution in [-0.4, -0.2) is 19.2 Å². The van der Waals surface area contributed by atoms with Crippen LogP contribution in [0.25, 0.3) is 0 Å². The fourth-order valence-corrected chi connectivity index (χ4v) is 5.06. The smallest absolute Gasteiger partial charge is 0.246 e. The second-order valence-electron chi connectivity index (χ2n) is 6.56. The Bertz CT molecular complexity index is 849. The summed E-state index contributed by atoms with van der Waals surface area (Å²) in [6, 6.07) is 7.24. The number of aromatic nitrogens is 1. The summed E-state index contributed by atoms with van der Waals surface area (Å²) >= 11 is 0. The van der Waals surface area contributed by atoms with Gasteiger partial charge in [0.2, 0.25) is 10.0 Å². The Morgan fingerprint density at radius 3 is 2.52 bits per heavy atom. The predicted molar refractivity (Wildman–Crippen MR) is 94.0 cm³/mol. The first-order valence-corrected chi connectivity index (χ1v) is 10.0. The number of nitrogens with one attached hydrogen (secondary N) is 1. The third kappa shape index (κ3) is 3.18. The third-order valence-corrected chi connectivity index (χ3v) is 6.73. The summed E-state index contributed by atoms with van der Waals surface area (Å²) in [5, 5.41) is 3.76. The van der Waals surface area contributed by atoms with Gasteiger partial charge in [0.1, 0.15) is 21.9 Å². The maximum atomic E-state index is 12.9. The van der Waals surface area contributed by atoms with Crippen molar-refractivity contribution in [3.63, 3.8) is 0 Å². The lowest BCUT2D eigenvalue weighted by molar-refractivity contribution is 0.0260. The first-order valence-electron chi connectivity index (χ1n) is 8.55. The Morgan fingerprint density at radius 1 is 1.24 bits per heavy atom. The van der Waals surface area contributed by atoms with E-state index in [-0.39, 0.29) is 16.5 Å². The molecule has 136 valence electrons. The van der Waals surface area contributed by atoms with Crippen molar-refractivity contribution in [1.82, 2.24) is 9.88 Å². The average molecular weight is 364 g/mol. The van der Waals surface area contributed by atoms with E-state index in [9.17, 15) is 8.42 Å². The van der Waals surface area contributed by atoms with Gasteiger partial charge < -0.3 is 9.26 Å². The summed E-state index contributed by atoms with van der Waals surface area (Å²) in [7, 11) is -3.75. The van der Waals surface area contributed by atoms with Gasteiger partial charge in [-0.25, -0.2) is 13.1 Å². The van der Waals surface area contributed by atoms with Crippen LogP contribution in [0.1, 0.15) is 56.2 Å². The summed E-state index contributed by atoms with van der Waals surface area (Å²) < 4.78 is 40.0. The van der Waals surface area contributed by atoms with Crippen LogP contribution in [0.4, 0.5) is 0 Å². The number of aryl methyl sites for hydroxylation is 2. The molecule has 1 aliphatic heterocycles. The van der Waals surface area contributed by atoms with Crippen LogP contribution in [0.5, 0.6) is 5.75 Å². The van der Waals surface area contributed by atoms with Crippen molar-refractivity contribution in [2.45, 2.75) is 63.5 Å². The number of benzene rings is 1. The highest BCUT2D eigenvalue weighted by molar-refractivity contribution is 7.89. The summed E-state index contributed by atoms with van der Waals surface area (Å²) in [4.78, 5) is 0.120. The number of sulfonamides is 1. The molecular formula is C18H24N2O4S. The van der Waals surface area contributed by atoms with Crippen molar-refractivity contribution in [3.8, 4) is 5.75 Å². The summed E-state index contributed by atoms with van der Waals surface area (Å²) in [6.07, 6.45) is 2.20. The molecule has 0 radical (unpaired) electrons. The largest absolute Gasteiger partial charge is 0.487 e. The summed E-state index contributed by atoms with van der Waals surface area (Å²) in [5.74, 6) is 1.03. The van der Waals surface area contributed by atoms with Crippen LogP contribution in [0.2, 0.25) is 0 Å². The zero-order chi connectivity index (χ0) is 18.2. The standard InChI is InChI=1S/C18H24N2O4S/c1-5-18(6-2)11-15(14-9-7-8-10-16(14)23-18)20-25(21,22)17-12(3)19-24-13(17)4/h7-10,15,20H,5-6,11H2,1-4H3/t15-/m0/s1. The van der Waals surface area contributed by atoms with E-state index < -0.39 is 10.0 Å². The molecule has 7 heteroatoms. The molecule has 6 nitrogen and oxygen atoms in total. The first-order chi connectivity index (χ1) is 11.8. The Kier molecular flexibility index (Phi) is 4.64. The molecule has 0 spiro atoms. The van der Waals surface area contributed by atoms with Gasteiger partial charge in [-0.05, 0) is 32.8 Å². The van der Waals surface area contributed by atoms with Crippen molar-refractivity contribution in [1.29, 1.82) is 0 Å². The summed E-state index contributed by atoms with van der Waals surface area (Å²) in [6.45, 7) is 7.37. The van der Waals surface area contributed by atoms with E-state index in [1.165, 1.54) is 0 Å². The molecule has 0 unspecified atom stereocenters. The van der Waals surface area contributed by atoms with Crippen LogP contribution in [0, 0.1) is 13.8 Å². The SMILES string of the molecule is CCC1(CC)C[C@H](NS(=O)(=O)c2c(C)noc2C)c2ccccc2O1. The molecule has 1 aromatic carbocycles. The van der Waals surface area contributed by atoms with E-state index >= 15 is 0 Å². The highest BCUT2D eigenvalue weighted by atomic mass is 32.2. The molecule has 1 aliphatic rings. The molecule has 25 heavy (non-hydrogen) atoms. The van der Waals surface area contributed by atoms with Gasteiger partial charge in [-0.15, -0.1) is 0 Å². The number of hydrogen-bond acceptors (Lipinski definition) is 5. The molecule has 3 rings (SSSR count). The Balaban J connectivity index is 2.01. The molecule has 0 amide bonds. The lowest BCUT2D eigenvalue weighted by Gasteiger charge is -2.41. The van der Waals surface area contributed by atoms with Crippen LogP contribution in [0.15, 0.2) is 33.7 Å². The lowest BCUT2D eigenvalue weighted by atomic mass is 9.84. The molecule has 0 saturated heterocycles. The molecule has 0 aliphatic carbocycles. The van der Waals surface area contributed by atoms with Gasteiger partial charge in [0.25, 0.3) is 0 Å². The minimum absolute atomic E-state index is 0.120. The van der Waals surface area contributed by atoms with Crippen molar-refractivity contribution < 1.29 is 17.7 Å².